The van der Waals surface area contributed by atoms with Gasteiger partial charge in [-0.25, -0.2) is 4.39 Å². The highest BCUT2D eigenvalue weighted by atomic mass is 19.1. The highest BCUT2D eigenvalue weighted by Crippen LogP contribution is 2.17. The molecule has 0 aliphatic rings. The molecule has 18 heavy (non-hydrogen) atoms. The fourth-order valence-electron chi connectivity index (χ4n) is 1.58. The maximum atomic E-state index is 13.4. The van der Waals surface area contributed by atoms with Crippen LogP contribution in [0.4, 0.5) is 4.39 Å². The van der Waals surface area contributed by atoms with Crippen molar-refractivity contribution in [3.05, 3.63) is 53.6 Å². The van der Waals surface area contributed by atoms with Crippen LogP contribution in [0, 0.1) is 5.82 Å². The Kier molecular flexibility index (Phi) is 4.20. The summed E-state index contributed by atoms with van der Waals surface area (Å²) in [7, 11) is 1.45. The van der Waals surface area contributed by atoms with Crippen LogP contribution < -0.4 is 10.1 Å². The molecule has 1 N–H and O–H groups in total. The zero-order chi connectivity index (χ0) is 12.8. The third kappa shape index (κ3) is 3.24. The Morgan fingerprint density at radius 3 is 2.83 bits per heavy atom. The number of aromatic nitrogens is 2. The predicted molar refractivity (Wildman–Crippen MR) is 65.5 cm³/mol. The largest absolute Gasteiger partial charge is 0.494 e. The van der Waals surface area contributed by atoms with E-state index in [-0.39, 0.29) is 11.6 Å². The molecule has 0 bridgehead atoms. The van der Waals surface area contributed by atoms with Crippen molar-refractivity contribution in [1.29, 1.82) is 0 Å². The van der Waals surface area contributed by atoms with E-state index in [1.807, 2.05) is 18.2 Å². The first-order valence-electron chi connectivity index (χ1n) is 5.59. The summed E-state index contributed by atoms with van der Waals surface area (Å²) in [6, 6.07) is 8.62. The third-order valence-electron chi connectivity index (χ3n) is 2.48. The molecule has 5 heteroatoms. The number of halogens is 1. The smallest absolute Gasteiger partial charge is 0.165 e. The Hall–Kier alpha value is -2.01. The van der Waals surface area contributed by atoms with E-state index in [4.69, 9.17) is 4.74 Å². The number of hydrogen-bond donors (Lipinski definition) is 1. The molecule has 0 saturated carbocycles. The predicted octanol–water partition coefficient (Wildman–Crippen LogP) is 1.91. The fourth-order valence-corrected chi connectivity index (χ4v) is 1.58. The molecule has 0 unspecified atom stereocenters. The molecule has 2 aromatic rings. The SMILES string of the molecule is COc1ccc(CNCc2cccnn2)cc1F. The van der Waals surface area contributed by atoms with Crippen LogP contribution in [-0.4, -0.2) is 17.3 Å². The van der Waals surface area contributed by atoms with Crippen LogP contribution in [0.2, 0.25) is 0 Å². The summed E-state index contributed by atoms with van der Waals surface area (Å²) in [6.07, 6.45) is 1.63. The van der Waals surface area contributed by atoms with E-state index in [1.54, 1.807) is 12.3 Å². The summed E-state index contributed by atoms with van der Waals surface area (Å²) in [5.74, 6) is -0.0935. The van der Waals surface area contributed by atoms with E-state index in [0.717, 1.165) is 11.3 Å². The quantitative estimate of drug-likeness (QED) is 0.876. The number of nitrogens with one attached hydrogen (secondary N) is 1. The molecule has 0 spiro atoms. The Morgan fingerprint density at radius 1 is 1.28 bits per heavy atom. The minimum Gasteiger partial charge on any atom is -0.494 e. The number of ether oxygens (including phenoxy) is 1. The molecule has 0 aliphatic heterocycles. The minimum absolute atomic E-state index is 0.257. The minimum atomic E-state index is -0.351. The maximum Gasteiger partial charge on any atom is 0.165 e. The van der Waals surface area contributed by atoms with Gasteiger partial charge in [0.2, 0.25) is 0 Å². The van der Waals surface area contributed by atoms with Gasteiger partial charge in [-0.1, -0.05) is 6.07 Å². The molecular formula is C13H14FN3O. The molecule has 1 heterocycles. The standard InChI is InChI=1S/C13H14FN3O/c1-18-13-5-4-10(7-12(13)14)8-15-9-11-3-2-6-16-17-11/h2-7,15H,8-9H2,1H3. The second-order valence-electron chi connectivity index (χ2n) is 3.79. The van der Waals surface area contributed by atoms with Gasteiger partial charge in [0.1, 0.15) is 0 Å². The van der Waals surface area contributed by atoms with Crippen LogP contribution in [0.25, 0.3) is 0 Å². The van der Waals surface area contributed by atoms with Crippen LogP contribution in [0.1, 0.15) is 11.3 Å². The van der Waals surface area contributed by atoms with Crippen LogP contribution in [-0.2, 0) is 13.1 Å². The van der Waals surface area contributed by atoms with Crippen molar-refractivity contribution in [2.75, 3.05) is 7.11 Å². The monoisotopic (exact) mass is 247 g/mol. The summed E-state index contributed by atoms with van der Waals surface area (Å²) in [5.41, 5.74) is 1.71. The number of benzene rings is 1. The molecule has 0 radical (unpaired) electrons. The van der Waals surface area contributed by atoms with E-state index in [1.165, 1.54) is 13.2 Å². The number of rotatable bonds is 5. The molecule has 0 saturated heterocycles. The van der Waals surface area contributed by atoms with Gasteiger partial charge in [-0.15, -0.1) is 0 Å². The van der Waals surface area contributed by atoms with Gasteiger partial charge in [0.25, 0.3) is 0 Å². The van der Waals surface area contributed by atoms with Gasteiger partial charge < -0.3 is 10.1 Å². The molecule has 94 valence electrons. The van der Waals surface area contributed by atoms with E-state index in [2.05, 4.69) is 15.5 Å². The van der Waals surface area contributed by atoms with Gasteiger partial charge in [0, 0.05) is 19.3 Å². The highest BCUT2D eigenvalue weighted by molar-refractivity contribution is 5.29. The van der Waals surface area contributed by atoms with Crippen molar-refractivity contribution in [3.8, 4) is 5.75 Å². The van der Waals surface area contributed by atoms with Crippen molar-refractivity contribution < 1.29 is 9.13 Å². The van der Waals surface area contributed by atoms with Crippen LogP contribution in [0.3, 0.4) is 0 Å². The van der Waals surface area contributed by atoms with Crippen molar-refractivity contribution >= 4 is 0 Å². The summed E-state index contributed by atoms with van der Waals surface area (Å²) in [4.78, 5) is 0. The topological polar surface area (TPSA) is 47.0 Å². The lowest BCUT2D eigenvalue weighted by atomic mass is 10.2. The van der Waals surface area contributed by atoms with Crippen molar-refractivity contribution in [2.45, 2.75) is 13.1 Å². The zero-order valence-corrected chi connectivity index (χ0v) is 10.1. The lowest BCUT2D eigenvalue weighted by molar-refractivity contribution is 0.386. The van der Waals surface area contributed by atoms with E-state index in [9.17, 15) is 4.39 Å². The average molecular weight is 247 g/mol. The normalized spacial score (nSPS) is 10.3. The molecule has 4 nitrogen and oxygen atoms in total. The number of nitrogens with zero attached hydrogens (tertiary/aromatic N) is 2. The van der Waals surface area contributed by atoms with Crippen molar-refractivity contribution in [3.63, 3.8) is 0 Å². The Labute approximate surface area is 105 Å². The third-order valence-corrected chi connectivity index (χ3v) is 2.48. The van der Waals surface area contributed by atoms with E-state index >= 15 is 0 Å². The van der Waals surface area contributed by atoms with Crippen LogP contribution >= 0.6 is 0 Å². The van der Waals surface area contributed by atoms with Crippen molar-refractivity contribution in [2.24, 2.45) is 0 Å². The van der Waals surface area contributed by atoms with Gasteiger partial charge in [0.05, 0.1) is 12.8 Å². The first-order valence-corrected chi connectivity index (χ1v) is 5.59. The van der Waals surface area contributed by atoms with Gasteiger partial charge >= 0.3 is 0 Å². The van der Waals surface area contributed by atoms with Crippen molar-refractivity contribution in [1.82, 2.24) is 15.5 Å². The Bertz CT molecular complexity index is 505. The summed E-state index contributed by atoms with van der Waals surface area (Å²) >= 11 is 0. The molecule has 1 aromatic heterocycles. The fraction of sp³-hybridized carbons (Fsp3) is 0.231. The second kappa shape index (κ2) is 6.07. The molecule has 0 amide bonds. The average Bonchev–Trinajstić information content (AvgIpc) is 2.40. The first-order chi connectivity index (χ1) is 8.79. The second-order valence-corrected chi connectivity index (χ2v) is 3.79. The van der Waals surface area contributed by atoms with Crippen LogP contribution in [0.15, 0.2) is 36.5 Å². The lowest BCUT2D eigenvalue weighted by Gasteiger charge is -2.06. The molecule has 1 aromatic carbocycles. The molecule has 0 fully saturated rings. The zero-order valence-electron chi connectivity index (χ0n) is 10.1. The molecule has 0 aliphatic carbocycles. The van der Waals surface area contributed by atoms with E-state index in [0.29, 0.717) is 13.1 Å². The van der Waals surface area contributed by atoms with Gasteiger partial charge in [0.15, 0.2) is 11.6 Å². The van der Waals surface area contributed by atoms with Gasteiger partial charge in [-0.2, -0.15) is 10.2 Å². The lowest BCUT2D eigenvalue weighted by Crippen LogP contribution is -2.14. The van der Waals surface area contributed by atoms with Gasteiger partial charge in [-0.05, 0) is 29.8 Å². The first kappa shape index (κ1) is 12.4. The molecule has 0 atom stereocenters. The summed E-state index contributed by atoms with van der Waals surface area (Å²) in [5, 5.41) is 10.9. The molecule has 2 rings (SSSR count). The Morgan fingerprint density at radius 2 is 2.17 bits per heavy atom. The number of hydrogen-bond acceptors (Lipinski definition) is 4. The number of methoxy groups -OCH3 is 1. The van der Waals surface area contributed by atoms with Gasteiger partial charge in [-0.3, -0.25) is 0 Å². The Balaban J connectivity index is 1.89. The molecular weight excluding hydrogens is 233 g/mol. The van der Waals surface area contributed by atoms with Crippen LogP contribution in [0.5, 0.6) is 5.75 Å². The maximum absolute atomic E-state index is 13.4. The van der Waals surface area contributed by atoms with E-state index < -0.39 is 0 Å². The highest BCUT2D eigenvalue weighted by Gasteiger charge is 2.03. The summed E-state index contributed by atoms with van der Waals surface area (Å²) < 4.78 is 18.3. The summed E-state index contributed by atoms with van der Waals surface area (Å²) in [6.45, 7) is 1.17.